The van der Waals surface area contributed by atoms with Crippen LogP contribution in [0.4, 0.5) is 0 Å². The molecule has 0 bridgehead atoms. The molecule has 0 amide bonds. The number of hydrogen-bond donors (Lipinski definition) is 2. The number of hydrogen-bond acceptors (Lipinski definition) is 4. The van der Waals surface area contributed by atoms with Crippen molar-refractivity contribution in [3.05, 3.63) is 27.7 Å². The normalized spacial score (nSPS) is 12.0. The van der Waals surface area contributed by atoms with Crippen LogP contribution < -0.4 is 5.73 Å². The molecular weight excluding hydrogens is 284 g/mol. The number of aromatic hydroxyl groups is 1. The quantitative estimate of drug-likeness (QED) is 0.663. The number of benzene rings is 1. The van der Waals surface area contributed by atoms with Gasteiger partial charge in [0.15, 0.2) is 0 Å². The van der Waals surface area contributed by atoms with Gasteiger partial charge in [-0.2, -0.15) is 0 Å². The largest absolute Gasteiger partial charge is 0.506 e. The Morgan fingerprint density at radius 2 is 2.18 bits per heavy atom. The zero-order chi connectivity index (χ0) is 13.0. The Bertz CT molecular complexity index is 431. The molecule has 0 aliphatic carbocycles. The van der Waals surface area contributed by atoms with Crippen LogP contribution in [0.5, 0.6) is 5.75 Å². The van der Waals surface area contributed by atoms with Crippen molar-refractivity contribution in [2.24, 2.45) is 16.8 Å². The number of nitrogens with two attached hydrogens (primary N) is 1. The summed E-state index contributed by atoms with van der Waals surface area (Å²) in [6, 6.07) is 3.64. The molecule has 17 heavy (non-hydrogen) atoms. The van der Waals surface area contributed by atoms with Crippen LogP contribution in [0.25, 0.3) is 0 Å². The monoisotopic (exact) mass is 300 g/mol. The molecular formula is C12H17BrN2O2. The van der Waals surface area contributed by atoms with Crippen LogP contribution in [0.3, 0.4) is 0 Å². The van der Waals surface area contributed by atoms with Gasteiger partial charge in [0.25, 0.3) is 0 Å². The summed E-state index contributed by atoms with van der Waals surface area (Å²) in [5.74, 6) is 0.397. The molecule has 1 rings (SSSR count). The Hall–Kier alpha value is -1.07. The van der Waals surface area contributed by atoms with Crippen molar-refractivity contribution in [3.8, 4) is 5.75 Å². The van der Waals surface area contributed by atoms with Crippen molar-refractivity contribution < 1.29 is 9.94 Å². The van der Waals surface area contributed by atoms with Gasteiger partial charge in [0, 0.05) is 17.7 Å². The van der Waals surface area contributed by atoms with E-state index in [0.717, 1.165) is 11.3 Å². The van der Waals surface area contributed by atoms with Crippen LogP contribution in [0.15, 0.2) is 21.8 Å². The Kier molecular flexibility index (Phi) is 4.96. The lowest BCUT2D eigenvalue weighted by molar-refractivity contribution is 0.212. The molecule has 0 saturated heterocycles. The molecule has 3 N–H and O–H groups in total. The van der Waals surface area contributed by atoms with Crippen molar-refractivity contribution in [2.75, 3.05) is 7.11 Å². The lowest BCUT2D eigenvalue weighted by Crippen LogP contribution is -2.11. The maximum atomic E-state index is 9.77. The predicted molar refractivity (Wildman–Crippen MR) is 72.1 cm³/mol. The molecule has 0 aliphatic rings. The first kappa shape index (κ1) is 14.0. The number of phenols is 1. The van der Waals surface area contributed by atoms with E-state index in [1.165, 1.54) is 7.11 Å². The molecule has 0 aromatic heterocycles. The van der Waals surface area contributed by atoms with Crippen LogP contribution in [0.2, 0.25) is 0 Å². The first-order valence-electron chi connectivity index (χ1n) is 5.34. The number of nitrogens with zero attached hydrogens (tertiary/aromatic N) is 1. The first-order chi connectivity index (χ1) is 8.01. The van der Waals surface area contributed by atoms with Gasteiger partial charge >= 0.3 is 0 Å². The number of phenolic OH excluding ortho intramolecular Hbond substituents is 1. The van der Waals surface area contributed by atoms with E-state index < -0.39 is 0 Å². The van der Waals surface area contributed by atoms with Gasteiger partial charge in [-0.15, -0.1) is 0 Å². The number of oxime groups is 1. The summed E-state index contributed by atoms with van der Waals surface area (Å²) < 4.78 is 0.611. The third-order valence-electron chi connectivity index (χ3n) is 2.39. The van der Waals surface area contributed by atoms with Crippen molar-refractivity contribution in [3.63, 3.8) is 0 Å². The first-order valence-corrected chi connectivity index (χ1v) is 6.13. The lowest BCUT2D eigenvalue weighted by atomic mass is 9.98. The van der Waals surface area contributed by atoms with Crippen LogP contribution >= 0.6 is 15.9 Å². The molecule has 0 radical (unpaired) electrons. The van der Waals surface area contributed by atoms with Crippen LogP contribution in [0.1, 0.15) is 25.0 Å². The molecule has 4 nitrogen and oxygen atoms in total. The minimum atomic E-state index is 0.178. The van der Waals surface area contributed by atoms with Crippen molar-refractivity contribution in [1.82, 2.24) is 0 Å². The fraction of sp³-hybridized carbons (Fsp3) is 0.417. The smallest absolute Gasteiger partial charge is 0.134 e. The molecule has 94 valence electrons. The highest BCUT2D eigenvalue weighted by molar-refractivity contribution is 9.10. The molecule has 0 heterocycles. The van der Waals surface area contributed by atoms with E-state index in [2.05, 4.69) is 21.1 Å². The summed E-state index contributed by atoms with van der Waals surface area (Å²) >= 11 is 3.30. The van der Waals surface area contributed by atoms with E-state index in [1.807, 2.05) is 26.0 Å². The maximum Gasteiger partial charge on any atom is 0.134 e. The van der Waals surface area contributed by atoms with Gasteiger partial charge < -0.3 is 15.7 Å². The fourth-order valence-electron chi connectivity index (χ4n) is 1.55. The summed E-state index contributed by atoms with van der Waals surface area (Å²) in [5, 5.41) is 13.8. The summed E-state index contributed by atoms with van der Waals surface area (Å²) in [6.45, 7) is 4.33. The minimum absolute atomic E-state index is 0.178. The SMILES string of the molecule is CON=C(c1cc(Br)c(O)c(CN)c1)C(C)C. The van der Waals surface area contributed by atoms with Gasteiger partial charge in [-0.25, -0.2) is 0 Å². The van der Waals surface area contributed by atoms with Gasteiger partial charge in [-0.1, -0.05) is 19.0 Å². The molecule has 0 aliphatic heterocycles. The van der Waals surface area contributed by atoms with E-state index in [9.17, 15) is 5.11 Å². The van der Waals surface area contributed by atoms with Gasteiger partial charge in [-0.3, -0.25) is 0 Å². The number of rotatable bonds is 4. The van der Waals surface area contributed by atoms with Crippen molar-refractivity contribution in [2.45, 2.75) is 20.4 Å². The molecule has 0 spiro atoms. The molecule has 1 aromatic rings. The Labute approximate surface area is 110 Å². The Morgan fingerprint density at radius 3 is 2.65 bits per heavy atom. The van der Waals surface area contributed by atoms with E-state index in [0.29, 0.717) is 10.0 Å². The summed E-state index contributed by atoms with van der Waals surface area (Å²) in [7, 11) is 1.52. The summed E-state index contributed by atoms with van der Waals surface area (Å²) in [5.41, 5.74) is 7.98. The third kappa shape index (κ3) is 3.20. The average Bonchev–Trinajstić information content (AvgIpc) is 2.29. The van der Waals surface area contributed by atoms with Gasteiger partial charge in [-0.05, 0) is 34.0 Å². The standard InChI is InChI=1S/C12H17BrN2O2/c1-7(2)11(15-17-3)8-4-9(6-14)12(16)10(13)5-8/h4-5,7,16H,6,14H2,1-3H3. The molecule has 0 fully saturated rings. The number of halogens is 1. The average molecular weight is 301 g/mol. The molecule has 1 aromatic carbocycles. The highest BCUT2D eigenvalue weighted by Crippen LogP contribution is 2.30. The Morgan fingerprint density at radius 1 is 1.53 bits per heavy atom. The molecule has 0 saturated carbocycles. The van der Waals surface area contributed by atoms with E-state index in [4.69, 9.17) is 10.6 Å². The van der Waals surface area contributed by atoms with Crippen LogP contribution in [-0.2, 0) is 11.4 Å². The van der Waals surface area contributed by atoms with Crippen molar-refractivity contribution >= 4 is 21.6 Å². The fourth-order valence-corrected chi connectivity index (χ4v) is 2.05. The van der Waals surface area contributed by atoms with Crippen LogP contribution in [0, 0.1) is 5.92 Å². The van der Waals surface area contributed by atoms with Gasteiger partial charge in [0.1, 0.15) is 12.9 Å². The van der Waals surface area contributed by atoms with E-state index in [-0.39, 0.29) is 18.2 Å². The molecule has 0 unspecified atom stereocenters. The van der Waals surface area contributed by atoms with Gasteiger partial charge in [0.2, 0.25) is 0 Å². The lowest BCUT2D eigenvalue weighted by Gasteiger charge is -2.12. The second kappa shape index (κ2) is 6.02. The minimum Gasteiger partial charge on any atom is -0.506 e. The zero-order valence-electron chi connectivity index (χ0n) is 10.2. The topological polar surface area (TPSA) is 67.8 Å². The maximum absolute atomic E-state index is 9.77. The van der Waals surface area contributed by atoms with Crippen LogP contribution in [-0.4, -0.2) is 17.9 Å². The van der Waals surface area contributed by atoms with Gasteiger partial charge in [0.05, 0.1) is 10.2 Å². The molecule has 0 atom stereocenters. The zero-order valence-corrected chi connectivity index (χ0v) is 11.8. The second-order valence-electron chi connectivity index (χ2n) is 3.98. The second-order valence-corrected chi connectivity index (χ2v) is 4.84. The summed E-state index contributed by atoms with van der Waals surface area (Å²) in [6.07, 6.45) is 0. The highest BCUT2D eigenvalue weighted by Gasteiger charge is 2.14. The van der Waals surface area contributed by atoms with Crippen molar-refractivity contribution in [1.29, 1.82) is 0 Å². The Balaban J connectivity index is 3.30. The van der Waals surface area contributed by atoms with E-state index in [1.54, 1.807) is 0 Å². The highest BCUT2D eigenvalue weighted by atomic mass is 79.9. The summed E-state index contributed by atoms with van der Waals surface area (Å²) in [4.78, 5) is 4.84. The third-order valence-corrected chi connectivity index (χ3v) is 3.00. The molecule has 5 heteroatoms. The predicted octanol–water partition coefficient (Wildman–Crippen LogP) is 2.62. The van der Waals surface area contributed by atoms with E-state index >= 15 is 0 Å².